The lowest BCUT2D eigenvalue weighted by atomic mass is 10.2. The molecule has 0 saturated heterocycles. The van der Waals surface area contributed by atoms with Gasteiger partial charge in [0.15, 0.2) is 0 Å². The van der Waals surface area contributed by atoms with Crippen LogP contribution in [0.4, 0.5) is 11.4 Å². The minimum absolute atomic E-state index is 0.00531. The highest BCUT2D eigenvalue weighted by Crippen LogP contribution is 2.28. The molecule has 0 radical (unpaired) electrons. The van der Waals surface area contributed by atoms with E-state index in [1.807, 2.05) is 0 Å². The first kappa shape index (κ1) is 13.9. The highest BCUT2D eigenvalue weighted by atomic mass is 79.9. The third kappa shape index (κ3) is 3.09. The van der Waals surface area contributed by atoms with Gasteiger partial charge in [0, 0.05) is 11.8 Å². The monoisotopic (exact) mass is 337 g/mol. The van der Waals surface area contributed by atoms with Gasteiger partial charge < -0.3 is 10.4 Å². The predicted molar refractivity (Wildman–Crippen MR) is 74.7 cm³/mol. The Balaban J connectivity index is 2.30. The number of nitrogens with zero attached hydrogens (tertiary/aromatic N) is 2. The number of nitro benzene ring substituents is 1. The van der Waals surface area contributed by atoms with Gasteiger partial charge in [-0.1, -0.05) is 0 Å². The van der Waals surface area contributed by atoms with Crippen molar-refractivity contribution in [2.75, 3.05) is 5.32 Å². The molecule has 1 aromatic heterocycles. The van der Waals surface area contributed by atoms with E-state index in [1.165, 1.54) is 30.5 Å². The molecular formula is C12H8BrN3O4. The van der Waals surface area contributed by atoms with Gasteiger partial charge in [-0.05, 0) is 40.2 Å². The summed E-state index contributed by atoms with van der Waals surface area (Å²) in [5.74, 6) is -0.761. The molecule has 0 aliphatic rings. The number of phenolic OH excluding ortho intramolecular Hbond substituents is 1. The number of rotatable bonds is 3. The molecule has 102 valence electrons. The lowest BCUT2D eigenvalue weighted by Gasteiger charge is -2.06. The van der Waals surface area contributed by atoms with Crippen LogP contribution in [0, 0.1) is 10.1 Å². The molecule has 0 spiro atoms. The fourth-order valence-electron chi connectivity index (χ4n) is 1.51. The fraction of sp³-hybridized carbons (Fsp3) is 0. The summed E-state index contributed by atoms with van der Waals surface area (Å²) in [6, 6.07) is 6.46. The smallest absolute Gasteiger partial charge is 0.296 e. The van der Waals surface area contributed by atoms with E-state index in [0.29, 0.717) is 10.2 Å². The third-order valence-corrected chi connectivity index (χ3v) is 2.85. The number of benzene rings is 1. The molecule has 2 aromatic rings. The number of aromatic nitrogens is 1. The molecule has 1 amide bonds. The number of carbonyl (C=O) groups is 1. The number of amides is 1. The molecular weight excluding hydrogens is 330 g/mol. The van der Waals surface area contributed by atoms with Crippen molar-refractivity contribution in [1.82, 2.24) is 4.98 Å². The average Bonchev–Trinajstić information content (AvgIpc) is 2.40. The number of halogens is 1. The van der Waals surface area contributed by atoms with Crippen LogP contribution in [0.25, 0.3) is 0 Å². The Bertz CT molecular complexity index is 690. The van der Waals surface area contributed by atoms with Gasteiger partial charge >= 0.3 is 0 Å². The van der Waals surface area contributed by atoms with E-state index in [2.05, 4.69) is 26.2 Å². The van der Waals surface area contributed by atoms with Crippen LogP contribution < -0.4 is 5.32 Å². The van der Waals surface area contributed by atoms with E-state index in [-0.39, 0.29) is 17.1 Å². The Morgan fingerprint density at radius 1 is 1.35 bits per heavy atom. The topological polar surface area (TPSA) is 105 Å². The highest BCUT2D eigenvalue weighted by molar-refractivity contribution is 9.10. The van der Waals surface area contributed by atoms with Crippen LogP contribution in [0.1, 0.15) is 10.4 Å². The maximum atomic E-state index is 12.0. The van der Waals surface area contributed by atoms with Crippen molar-refractivity contribution in [3.05, 3.63) is 56.8 Å². The summed E-state index contributed by atoms with van der Waals surface area (Å²) in [6.07, 6.45) is 1.43. The average molecular weight is 338 g/mol. The zero-order valence-corrected chi connectivity index (χ0v) is 11.5. The summed E-state index contributed by atoms with van der Waals surface area (Å²) in [5.41, 5.74) is -0.0774. The normalized spacial score (nSPS) is 10.1. The number of hydrogen-bond acceptors (Lipinski definition) is 5. The third-order valence-electron chi connectivity index (χ3n) is 2.41. The molecule has 1 heterocycles. The molecule has 8 heteroatoms. The van der Waals surface area contributed by atoms with E-state index in [9.17, 15) is 20.0 Å². The second kappa shape index (κ2) is 5.66. The second-order valence-electron chi connectivity index (χ2n) is 3.78. The van der Waals surface area contributed by atoms with Crippen molar-refractivity contribution >= 4 is 33.2 Å². The molecule has 2 rings (SSSR count). The van der Waals surface area contributed by atoms with Crippen molar-refractivity contribution in [1.29, 1.82) is 0 Å². The largest absolute Gasteiger partial charge is 0.508 e. The maximum absolute atomic E-state index is 12.0. The van der Waals surface area contributed by atoms with Gasteiger partial charge in [0.05, 0.1) is 11.0 Å². The standard InChI is InChI=1S/C12H8BrN3O4/c13-11-5-7(3-4-14-11)12(18)15-9-2-1-8(17)6-10(9)16(19)20/h1-6,17H,(H,15,18). The summed E-state index contributed by atoms with van der Waals surface area (Å²) in [7, 11) is 0. The lowest BCUT2D eigenvalue weighted by molar-refractivity contribution is -0.384. The van der Waals surface area contributed by atoms with Crippen molar-refractivity contribution in [2.45, 2.75) is 0 Å². The van der Waals surface area contributed by atoms with E-state index < -0.39 is 10.8 Å². The second-order valence-corrected chi connectivity index (χ2v) is 4.59. The first-order valence-corrected chi connectivity index (χ1v) is 6.17. The van der Waals surface area contributed by atoms with E-state index in [0.717, 1.165) is 6.07 Å². The van der Waals surface area contributed by atoms with Gasteiger partial charge in [-0.2, -0.15) is 0 Å². The van der Waals surface area contributed by atoms with Crippen molar-refractivity contribution in [2.24, 2.45) is 0 Å². The summed E-state index contributed by atoms with van der Waals surface area (Å²) >= 11 is 3.13. The Labute approximate surface area is 121 Å². The van der Waals surface area contributed by atoms with Crippen molar-refractivity contribution in [3.8, 4) is 5.75 Å². The molecule has 1 aromatic carbocycles. The molecule has 0 aliphatic heterocycles. The molecule has 0 unspecified atom stereocenters. The zero-order chi connectivity index (χ0) is 14.7. The van der Waals surface area contributed by atoms with E-state index in [4.69, 9.17) is 0 Å². The number of carbonyl (C=O) groups excluding carboxylic acids is 1. The fourth-order valence-corrected chi connectivity index (χ4v) is 1.88. The molecule has 7 nitrogen and oxygen atoms in total. The van der Waals surface area contributed by atoms with Crippen LogP contribution in [-0.2, 0) is 0 Å². The molecule has 0 saturated carbocycles. The Morgan fingerprint density at radius 3 is 2.75 bits per heavy atom. The first-order valence-electron chi connectivity index (χ1n) is 5.37. The van der Waals surface area contributed by atoms with Crippen LogP contribution in [0.2, 0.25) is 0 Å². The van der Waals surface area contributed by atoms with E-state index in [1.54, 1.807) is 0 Å². The molecule has 0 aliphatic carbocycles. The quantitative estimate of drug-likeness (QED) is 0.387. The maximum Gasteiger partial charge on any atom is 0.296 e. The van der Waals surface area contributed by atoms with Crippen LogP contribution in [0.3, 0.4) is 0 Å². The van der Waals surface area contributed by atoms with Crippen LogP contribution >= 0.6 is 15.9 Å². The number of anilines is 1. The van der Waals surface area contributed by atoms with Crippen molar-refractivity contribution in [3.63, 3.8) is 0 Å². The van der Waals surface area contributed by atoms with Gasteiger partial charge in [-0.3, -0.25) is 14.9 Å². The molecule has 20 heavy (non-hydrogen) atoms. The minimum Gasteiger partial charge on any atom is -0.508 e. The van der Waals surface area contributed by atoms with Gasteiger partial charge in [-0.15, -0.1) is 0 Å². The van der Waals surface area contributed by atoms with Crippen LogP contribution in [0.15, 0.2) is 41.1 Å². The molecule has 2 N–H and O–H groups in total. The summed E-state index contributed by atoms with van der Waals surface area (Å²) in [5, 5.41) is 22.5. The predicted octanol–water partition coefficient (Wildman–Crippen LogP) is 2.71. The Morgan fingerprint density at radius 2 is 2.10 bits per heavy atom. The van der Waals surface area contributed by atoms with E-state index >= 15 is 0 Å². The number of phenols is 1. The number of nitro groups is 1. The Kier molecular flexibility index (Phi) is 3.94. The Hall–Kier alpha value is -2.48. The summed E-state index contributed by atoms with van der Waals surface area (Å²) in [6.45, 7) is 0. The zero-order valence-electron chi connectivity index (χ0n) is 9.91. The summed E-state index contributed by atoms with van der Waals surface area (Å²) in [4.78, 5) is 26.1. The first-order chi connectivity index (χ1) is 9.47. The lowest BCUT2D eigenvalue weighted by Crippen LogP contribution is -2.13. The molecule has 0 bridgehead atoms. The number of nitrogens with one attached hydrogen (secondary N) is 1. The number of aromatic hydroxyl groups is 1. The SMILES string of the molecule is O=C(Nc1ccc(O)cc1[N+](=O)[O-])c1ccnc(Br)c1. The van der Waals surface area contributed by atoms with Gasteiger partial charge in [0.25, 0.3) is 11.6 Å². The summed E-state index contributed by atoms with van der Waals surface area (Å²) < 4.78 is 0.477. The number of hydrogen-bond donors (Lipinski definition) is 2. The minimum atomic E-state index is -0.683. The van der Waals surface area contributed by atoms with Gasteiger partial charge in [-0.25, -0.2) is 4.98 Å². The van der Waals surface area contributed by atoms with Gasteiger partial charge in [0.1, 0.15) is 16.0 Å². The molecule has 0 fully saturated rings. The van der Waals surface area contributed by atoms with Crippen LogP contribution in [-0.4, -0.2) is 20.9 Å². The van der Waals surface area contributed by atoms with Crippen molar-refractivity contribution < 1.29 is 14.8 Å². The molecule has 0 atom stereocenters. The van der Waals surface area contributed by atoms with Gasteiger partial charge in [0.2, 0.25) is 0 Å². The van der Waals surface area contributed by atoms with Crippen LogP contribution in [0.5, 0.6) is 5.75 Å². The highest BCUT2D eigenvalue weighted by Gasteiger charge is 2.17. The number of pyridine rings is 1.